The zero-order chi connectivity index (χ0) is 33.4. The number of hydrogen-bond donors (Lipinski definition) is 3. The van der Waals surface area contributed by atoms with Crippen molar-refractivity contribution in [3.63, 3.8) is 0 Å². The molecule has 3 N–H and O–H groups in total. The Balaban J connectivity index is 2.47. The van der Waals surface area contributed by atoms with Crippen molar-refractivity contribution < 1.29 is 29.7 Å². The topological polar surface area (TPSA) is 112 Å². The van der Waals surface area contributed by atoms with Crippen LogP contribution in [0.3, 0.4) is 0 Å². The number of aliphatic hydroxyl groups is 1. The SMILES string of the molecule is C=C(C)[C@@H](CC=C(C)C)C[C@]12C[C@H](CC=C(C)C)C(C)(C)[C@](CC=C(C)C)(C(=O)C(=C(O)c3ccc(O)c(O)c3)C1=O)C2=O. The second kappa shape index (κ2) is 12.7. The van der Waals surface area contributed by atoms with E-state index in [4.69, 9.17) is 0 Å². The summed E-state index contributed by atoms with van der Waals surface area (Å²) in [4.78, 5) is 44.9. The molecule has 0 amide bonds. The van der Waals surface area contributed by atoms with Crippen LogP contribution < -0.4 is 0 Å². The molecule has 0 heterocycles. The van der Waals surface area contributed by atoms with E-state index in [9.17, 15) is 24.9 Å². The largest absolute Gasteiger partial charge is 0.506 e. The van der Waals surface area contributed by atoms with Crippen LogP contribution in [-0.4, -0.2) is 32.7 Å². The lowest BCUT2D eigenvalue weighted by Crippen LogP contribution is -2.69. The fraction of sp³-hybridized carbons (Fsp3) is 0.500. The molecule has 2 fully saturated rings. The van der Waals surface area contributed by atoms with Gasteiger partial charge >= 0.3 is 0 Å². The molecule has 3 rings (SSSR count). The summed E-state index contributed by atoms with van der Waals surface area (Å²) in [5.74, 6) is -3.61. The first-order valence-electron chi connectivity index (χ1n) is 15.5. The molecule has 1 aromatic carbocycles. The van der Waals surface area contributed by atoms with Crippen molar-refractivity contribution >= 4 is 23.1 Å². The van der Waals surface area contributed by atoms with Crippen molar-refractivity contribution in [1.82, 2.24) is 0 Å². The highest BCUT2D eigenvalue weighted by molar-refractivity contribution is 6.41. The van der Waals surface area contributed by atoms with E-state index in [0.717, 1.165) is 28.4 Å². The van der Waals surface area contributed by atoms with Gasteiger partial charge in [0.15, 0.2) is 28.8 Å². The number of phenolic OH excluding ortho intramolecular Hbond substituents is 2. The number of aliphatic hydroxyl groups excluding tert-OH is 1. The summed E-state index contributed by atoms with van der Waals surface area (Å²) in [5, 5.41) is 31.7. The quantitative estimate of drug-likeness (QED) is 0.0616. The molecule has 0 aromatic heterocycles. The molecule has 0 saturated heterocycles. The minimum Gasteiger partial charge on any atom is -0.506 e. The number of allylic oxidation sites excluding steroid dienone is 8. The van der Waals surface area contributed by atoms with Gasteiger partial charge in [0.1, 0.15) is 16.7 Å². The number of benzene rings is 1. The van der Waals surface area contributed by atoms with Gasteiger partial charge in [-0.2, -0.15) is 0 Å². The van der Waals surface area contributed by atoms with Crippen molar-refractivity contribution in [2.24, 2.45) is 28.1 Å². The number of carbonyl (C=O) groups is 3. The first-order valence-corrected chi connectivity index (χ1v) is 15.5. The van der Waals surface area contributed by atoms with Crippen LogP contribution in [0.25, 0.3) is 5.76 Å². The molecule has 2 bridgehead atoms. The second-order valence-corrected chi connectivity index (χ2v) is 14.3. The Labute approximate surface area is 263 Å². The molecule has 2 aliphatic rings. The second-order valence-electron chi connectivity index (χ2n) is 14.3. The molecular weight excluding hydrogens is 552 g/mol. The smallest absolute Gasteiger partial charge is 0.184 e. The first-order chi connectivity index (χ1) is 20.3. The van der Waals surface area contributed by atoms with Crippen LogP contribution in [0.15, 0.2) is 70.9 Å². The maximum absolute atomic E-state index is 15.2. The standard InChI is InChI=1S/C38H50O6/c1-22(2)11-13-27(25(7)8)20-37-21-28(15-12-23(3)4)36(9,10)38(35(37)44,18-17-24(5)6)34(43)31(33(37)42)32(41)26-14-16-29(39)30(40)19-26/h11-12,14,16-17,19,27-28,39-41H,7,13,15,18,20-21H2,1-6,8-10H3/t27-,28-,37-,38+/m0/s1. The van der Waals surface area contributed by atoms with E-state index in [1.165, 1.54) is 12.1 Å². The van der Waals surface area contributed by atoms with Gasteiger partial charge < -0.3 is 15.3 Å². The normalized spacial score (nSPS) is 26.0. The maximum Gasteiger partial charge on any atom is 0.184 e. The Morgan fingerprint density at radius 3 is 2.02 bits per heavy atom. The molecule has 2 aliphatic carbocycles. The molecule has 1 aromatic rings. The van der Waals surface area contributed by atoms with Gasteiger partial charge in [-0.1, -0.05) is 60.9 Å². The summed E-state index contributed by atoms with van der Waals surface area (Å²) < 4.78 is 0. The zero-order valence-electron chi connectivity index (χ0n) is 27.9. The highest BCUT2D eigenvalue weighted by atomic mass is 16.3. The molecular formula is C38H50O6. The predicted molar refractivity (Wildman–Crippen MR) is 176 cm³/mol. The highest BCUT2D eigenvalue weighted by Crippen LogP contribution is 2.66. The van der Waals surface area contributed by atoms with E-state index in [1.54, 1.807) is 0 Å². The lowest BCUT2D eigenvalue weighted by atomic mass is 9.38. The van der Waals surface area contributed by atoms with Gasteiger partial charge in [0.25, 0.3) is 0 Å². The molecule has 238 valence electrons. The Kier molecular flexibility index (Phi) is 10.1. The number of rotatable bonds is 10. The Morgan fingerprint density at radius 1 is 0.909 bits per heavy atom. The molecule has 6 heteroatoms. The van der Waals surface area contributed by atoms with Crippen molar-refractivity contribution in [2.45, 2.75) is 94.4 Å². The van der Waals surface area contributed by atoms with E-state index >= 15 is 4.79 Å². The van der Waals surface area contributed by atoms with Gasteiger partial charge in [-0.25, -0.2) is 0 Å². The number of fused-ring (bicyclic) bond motifs is 2. The van der Waals surface area contributed by atoms with Crippen molar-refractivity contribution in [2.75, 3.05) is 0 Å². The average Bonchev–Trinajstić information content (AvgIpc) is 2.91. The zero-order valence-corrected chi connectivity index (χ0v) is 27.9. The van der Waals surface area contributed by atoms with Crippen molar-refractivity contribution in [1.29, 1.82) is 0 Å². The predicted octanol–water partition coefficient (Wildman–Crippen LogP) is 8.76. The summed E-state index contributed by atoms with van der Waals surface area (Å²) in [6, 6.07) is 3.65. The fourth-order valence-corrected chi connectivity index (χ4v) is 7.08. The van der Waals surface area contributed by atoms with Crippen LogP contribution in [0.2, 0.25) is 0 Å². The van der Waals surface area contributed by atoms with Crippen molar-refractivity contribution in [3.8, 4) is 11.5 Å². The van der Waals surface area contributed by atoms with Crippen LogP contribution >= 0.6 is 0 Å². The molecule has 0 spiro atoms. The summed E-state index contributed by atoms with van der Waals surface area (Å²) >= 11 is 0. The van der Waals surface area contributed by atoms with Gasteiger partial charge in [0, 0.05) is 5.56 Å². The minimum atomic E-state index is -1.62. The van der Waals surface area contributed by atoms with Crippen molar-refractivity contribution in [3.05, 3.63) is 76.4 Å². The fourth-order valence-electron chi connectivity index (χ4n) is 7.08. The molecule has 0 radical (unpaired) electrons. The van der Waals surface area contributed by atoms with Gasteiger partial charge in [-0.05, 0) is 116 Å². The first kappa shape index (κ1) is 34.8. The summed E-state index contributed by atoms with van der Waals surface area (Å²) in [6.45, 7) is 21.9. The maximum atomic E-state index is 15.2. The van der Waals surface area contributed by atoms with Crippen LogP contribution in [0.4, 0.5) is 0 Å². The van der Waals surface area contributed by atoms with Gasteiger partial charge in [-0.15, -0.1) is 0 Å². The Morgan fingerprint density at radius 2 is 1.50 bits per heavy atom. The third-order valence-corrected chi connectivity index (χ3v) is 10.0. The summed E-state index contributed by atoms with van der Waals surface area (Å²) in [6.07, 6.45) is 7.79. The summed E-state index contributed by atoms with van der Waals surface area (Å²) in [5.41, 5.74) is -0.453. The highest BCUT2D eigenvalue weighted by Gasteiger charge is 2.74. The molecule has 0 unspecified atom stereocenters. The Hall–Kier alpha value is -3.67. The number of phenols is 2. The molecule has 2 saturated carbocycles. The van der Waals surface area contributed by atoms with Crippen LogP contribution in [-0.2, 0) is 14.4 Å². The van der Waals surface area contributed by atoms with E-state index < -0.39 is 50.6 Å². The number of aromatic hydroxyl groups is 2. The van der Waals surface area contributed by atoms with Crippen LogP contribution in [0, 0.1) is 28.1 Å². The summed E-state index contributed by atoms with van der Waals surface area (Å²) in [7, 11) is 0. The molecule has 4 atom stereocenters. The van der Waals surface area contributed by atoms with E-state index in [-0.39, 0.29) is 42.4 Å². The number of ketones is 3. The average molecular weight is 603 g/mol. The van der Waals surface area contributed by atoms with Gasteiger partial charge in [0.05, 0.1) is 5.41 Å². The monoisotopic (exact) mass is 602 g/mol. The van der Waals surface area contributed by atoms with E-state index in [0.29, 0.717) is 12.8 Å². The Bertz CT molecular complexity index is 1490. The third-order valence-electron chi connectivity index (χ3n) is 10.0. The number of carbonyl (C=O) groups excluding carboxylic acids is 3. The lowest BCUT2D eigenvalue weighted by Gasteiger charge is -2.60. The number of hydrogen-bond acceptors (Lipinski definition) is 6. The lowest BCUT2D eigenvalue weighted by molar-refractivity contribution is -0.177. The molecule has 0 aliphatic heterocycles. The minimum absolute atomic E-state index is 0.0110. The molecule has 6 nitrogen and oxygen atoms in total. The van der Waals surface area contributed by atoms with Gasteiger partial charge in [-0.3, -0.25) is 14.4 Å². The van der Waals surface area contributed by atoms with Crippen LogP contribution in [0.1, 0.15) is 100.0 Å². The third kappa shape index (κ3) is 6.00. The van der Waals surface area contributed by atoms with Crippen LogP contribution in [0.5, 0.6) is 11.5 Å². The van der Waals surface area contributed by atoms with E-state index in [2.05, 4.69) is 18.7 Å². The van der Waals surface area contributed by atoms with Gasteiger partial charge in [0.2, 0.25) is 0 Å². The van der Waals surface area contributed by atoms with E-state index in [1.807, 2.05) is 68.4 Å². The number of Topliss-reactive ketones (excluding diaryl/α,β-unsaturated/α-hetero) is 3. The molecule has 44 heavy (non-hydrogen) atoms.